The lowest BCUT2D eigenvalue weighted by Gasteiger charge is -2.28. The van der Waals surface area contributed by atoms with Crippen LogP contribution in [0.3, 0.4) is 0 Å². The van der Waals surface area contributed by atoms with Crippen LogP contribution in [-0.2, 0) is 30.3 Å². The van der Waals surface area contributed by atoms with Crippen molar-refractivity contribution < 1.29 is 23.9 Å². The molecule has 1 unspecified atom stereocenters. The van der Waals surface area contributed by atoms with Gasteiger partial charge in [0, 0.05) is 19.2 Å². The van der Waals surface area contributed by atoms with Gasteiger partial charge in [0.05, 0.1) is 19.0 Å². The van der Waals surface area contributed by atoms with Gasteiger partial charge in [-0.1, -0.05) is 72.8 Å². The Morgan fingerprint density at radius 3 is 2.44 bits per heavy atom. The predicted octanol–water partition coefficient (Wildman–Crippen LogP) is 3.19. The van der Waals surface area contributed by atoms with Gasteiger partial charge in [0.15, 0.2) is 5.82 Å². The quantitative estimate of drug-likeness (QED) is 0.234. The first-order chi connectivity index (χ1) is 21.5. The van der Waals surface area contributed by atoms with Gasteiger partial charge < -0.3 is 30.6 Å². The largest absolute Gasteiger partial charge is 0.467 e. The van der Waals surface area contributed by atoms with Crippen molar-refractivity contribution in [2.75, 3.05) is 19.0 Å². The van der Waals surface area contributed by atoms with Crippen molar-refractivity contribution in [3.8, 4) is 0 Å². The number of amides is 3. The molecular weight excluding hydrogens is 572 g/mol. The van der Waals surface area contributed by atoms with Crippen LogP contribution in [0, 0.1) is 0 Å². The number of likely N-dealkylation sites (tertiary alicyclic amines) is 1. The summed E-state index contributed by atoms with van der Waals surface area (Å²) in [5, 5.41) is 7.67. The van der Waals surface area contributed by atoms with E-state index in [9.17, 15) is 19.2 Å². The number of benzene rings is 3. The van der Waals surface area contributed by atoms with Crippen LogP contribution >= 0.6 is 0 Å². The minimum Gasteiger partial charge on any atom is -0.467 e. The standard InChI is InChI=1S/C34H38N6O5/c1-34(2,35)33(44)37-26(19-22-15-16-23-10-7-8-13-25(23)18-22)30(41)38-28-20-39(21-36-28)29(24-11-5-4-6-12-24)31(42)40-17-9-14-27(40)32(43)45-3/h4-8,10-13,15-16,18,20-21,26-27,29H,9,14,17,19,35H2,1-3H3,(H,37,44)(H,38,41)/t26-,27+,29?/m1/s1. The molecule has 0 bridgehead atoms. The summed E-state index contributed by atoms with van der Waals surface area (Å²) in [5.74, 6) is -1.50. The molecule has 0 spiro atoms. The number of aromatic nitrogens is 2. The molecule has 1 aliphatic heterocycles. The molecule has 0 saturated carbocycles. The predicted molar refractivity (Wildman–Crippen MR) is 170 cm³/mol. The third kappa shape index (κ3) is 7.21. The first-order valence-electron chi connectivity index (χ1n) is 14.9. The lowest BCUT2D eigenvalue weighted by molar-refractivity contribution is -0.151. The molecule has 3 aromatic carbocycles. The first-order valence-corrected chi connectivity index (χ1v) is 14.9. The SMILES string of the molecule is COC(=O)[C@@H]1CCCN1C(=O)C(c1ccccc1)n1cnc(NC(=O)[C@@H](Cc2ccc3ccccc3c2)NC(=O)C(C)(C)N)c1. The van der Waals surface area contributed by atoms with Crippen molar-refractivity contribution in [3.05, 3.63) is 96.4 Å². The van der Waals surface area contributed by atoms with E-state index >= 15 is 0 Å². The highest BCUT2D eigenvalue weighted by Crippen LogP contribution is 2.28. The molecule has 0 radical (unpaired) electrons. The van der Waals surface area contributed by atoms with Crippen molar-refractivity contribution in [1.29, 1.82) is 0 Å². The van der Waals surface area contributed by atoms with Gasteiger partial charge in [-0.2, -0.15) is 0 Å². The Labute approximate surface area is 261 Å². The number of nitrogens with two attached hydrogens (primary N) is 1. The third-order valence-corrected chi connectivity index (χ3v) is 7.97. The minimum atomic E-state index is -1.20. The summed E-state index contributed by atoms with van der Waals surface area (Å²) in [4.78, 5) is 58.8. The molecule has 3 atom stereocenters. The Morgan fingerprint density at radius 2 is 1.73 bits per heavy atom. The molecule has 3 amide bonds. The normalized spacial score (nSPS) is 16.2. The summed E-state index contributed by atoms with van der Waals surface area (Å²) in [5.41, 5.74) is 6.38. The molecule has 1 saturated heterocycles. The average Bonchev–Trinajstić information content (AvgIpc) is 3.71. The van der Waals surface area contributed by atoms with E-state index < -0.39 is 41.4 Å². The van der Waals surface area contributed by atoms with E-state index in [-0.39, 0.29) is 18.1 Å². The van der Waals surface area contributed by atoms with Crippen molar-refractivity contribution in [2.45, 2.75) is 56.8 Å². The summed E-state index contributed by atoms with van der Waals surface area (Å²) in [6, 6.07) is 20.5. The van der Waals surface area contributed by atoms with Crippen LogP contribution in [0.15, 0.2) is 85.3 Å². The van der Waals surface area contributed by atoms with Crippen molar-refractivity contribution in [3.63, 3.8) is 0 Å². The van der Waals surface area contributed by atoms with Gasteiger partial charge in [-0.15, -0.1) is 0 Å². The summed E-state index contributed by atoms with van der Waals surface area (Å²) < 4.78 is 6.56. The van der Waals surface area contributed by atoms with E-state index in [4.69, 9.17) is 10.5 Å². The zero-order valence-electron chi connectivity index (χ0n) is 25.6. The van der Waals surface area contributed by atoms with E-state index in [1.165, 1.54) is 13.4 Å². The molecule has 5 rings (SSSR count). The minimum absolute atomic E-state index is 0.199. The summed E-state index contributed by atoms with van der Waals surface area (Å²) >= 11 is 0. The monoisotopic (exact) mass is 610 g/mol. The van der Waals surface area contributed by atoms with E-state index in [2.05, 4.69) is 15.6 Å². The molecule has 1 aromatic heterocycles. The van der Waals surface area contributed by atoms with Crippen LogP contribution in [-0.4, -0.2) is 69.4 Å². The number of fused-ring (bicyclic) bond motifs is 1. The highest BCUT2D eigenvalue weighted by Gasteiger charge is 2.39. The molecule has 4 N–H and O–H groups in total. The second-order valence-electron chi connectivity index (χ2n) is 11.9. The molecule has 234 valence electrons. The highest BCUT2D eigenvalue weighted by molar-refractivity contribution is 5.98. The van der Waals surface area contributed by atoms with Crippen LogP contribution in [0.2, 0.25) is 0 Å². The van der Waals surface area contributed by atoms with Crippen LogP contribution in [0.1, 0.15) is 43.9 Å². The molecule has 1 fully saturated rings. The Bertz CT molecular complexity index is 1700. The molecule has 0 aliphatic carbocycles. The molecule has 11 heteroatoms. The first kappa shape index (κ1) is 31.4. The number of anilines is 1. The number of rotatable bonds is 10. The third-order valence-electron chi connectivity index (χ3n) is 7.97. The van der Waals surface area contributed by atoms with E-state index in [1.807, 2.05) is 72.8 Å². The fraction of sp³-hybridized carbons (Fsp3) is 0.324. The number of imidazole rings is 1. The second-order valence-corrected chi connectivity index (χ2v) is 11.9. The number of ether oxygens (including phenoxy) is 1. The highest BCUT2D eigenvalue weighted by atomic mass is 16.5. The Kier molecular flexibility index (Phi) is 9.29. The maximum Gasteiger partial charge on any atom is 0.328 e. The van der Waals surface area contributed by atoms with Crippen molar-refractivity contribution in [2.24, 2.45) is 5.73 Å². The topological polar surface area (TPSA) is 149 Å². The lowest BCUT2D eigenvalue weighted by atomic mass is 9.99. The van der Waals surface area contributed by atoms with E-state index in [1.54, 1.807) is 29.5 Å². The Morgan fingerprint density at radius 1 is 1.02 bits per heavy atom. The Hall–Kier alpha value is -5.03. The van der Waals surface area contributed by atoms with Crippen molar-refractivity contribution >= 4 is 40.3 Å². The molecule has 2 heterocycles. The number of hydrogen-bond donors (Lipinski definition) is 3. The van der Waals surface area contributed by atoms with Gasteiger partial charge in [0.1, 0.15) is 18.1 Å². The molecule has 1 aliphatic rings. The fourth-order valence-corrected chi connectivity index (χ4v) is 5.56. The van der Waals surface area contributed by atoms with Gasteiger partial charge in [-0.05, 0) is 48.6 Å². The van der Waals surface area contributed by atoms with Crippen LogP contribution in [0.5, 0.6) is 0 Å². The van der Waals surface area contributed by atoms with Crippen molar-refractivity contribution in [1.82, 2.24) is 19.8 Å². The summed E-state index contributed by atoms with van der Waals surface area (Å²) in [7, 11) is 1.31. The Balaban J connectivity index is 1.40. The number of nitrogens with zero attached hydrogens (tertiary/aromatic N) is 3. The van der Waals surface area contributed by atoms with Gasteiger partial charge in [-0.3, -0.25) is 14.4 Å². The molecule has 4 aromatic rings. The molecule has 11 nitrogen and oxygen atoms in total. The average molecular weight is 611 g/mol. The number of esters is 1. The van der Waals surface area contributed by atoms with Gasteiger partial charge >= 0.3 is 5.97 Å². The van der Waals surface area contributed by atoms with Crippen LogP contribution < -0.4 is 16.4 Å². The lowest BCUT2D eigenvalue weighted by Crippen LogP contribution is -2.55. The number of nitrogens with one attached hydrogen (secondary N) is 2. The zero-order chi connectivity index (χ0) is 32.1. The van der Waals surface area contributed by atoms with E-state index in [0.717, 1.165) is 16.3 Å². The number of carbonyl (C=O) groups excluding carboxylic acids is 4. The van der Waals surface area contributed by atoms with Gasteiger partial charge in [0.25, 0.3) is 5.91 Å². The molecular formula is C34H38N6O5. The number of carbonyl (C=O) groups is 4. The molecule has 45 heavy (non-hydrogen) atoms. The van der Waals surface area contributed by atoms with Gasteiger partial charge in [-0.25, -0.2) is 9.78 Å². The van der Waals surface area contributed by atoms with Crippen LogP contribution in [0.4, 0.5) is 5.82 Å². The summed E-state index contributed by atoms with van der Waals surface area (Å²) in [6.07, 6.45) is 4.46. The maximum absolute atomic E-state index is 14.0. The van der Waals surface area contributed by atoms with Gasteiger partial charge in [0.2, 0.25) is 11.8 Å². The maximum atomic E-state index is 14.0. The smallest absolute Gasteiger partial charge is 0.328 e. The fourth-order valence-electron chi connectivity index (χ4n) is 5.56. The summed E-state index contributed by atoms with van der Waals surface area (Å²) in [6.45, 7) is 3.57. The second kappa shape index (κ2) is 13.3. The number of methoxy groups -OCH3 is 1. The zero-order valence-corrected chi connectivity index (χ0v) is 25.6. The van der Waals surface area contributed by atoms with Crippen LogP contribution in [0.25, 0.3) is 10.8 Å². The number of hydrogen-bond acceptors (Lipinski definition) is 7. The van der Waals surface area contributed by atoms with E-state index in [0.29, 0.717) is 24.9 Å².